The van der Waals surface area contributed by atoms with E-state index in [9.17, 15) is 0 Å². The summed E-state index contributed by atoms with van der Waals surface area (Å²) >= 11 is 0. The molecule has 1 nitrogen and oxygen atoms in total. The minimum atomic E-state index is -0.465. The van der Waals surface area contributed by atoms with Gasteiger partial charge in [0.05, 0.1) is 16.8 Å². The van der Waals surface area contributed by atoms with Gasteiger partial charge < -0.3 is 4.90 Å². The Morgan fingerprint density at radius 3 is 1.54 bits per heavy atom. The van der Waals surface area contributed by atoms with E-state index in [-0.39, 0.29) is 0 Å². The van der Waals surface area contributed by atoms with E-state index in [1.807, 2.05) is 0 Å². The maximum absolute atomic E-state index is 2.48. The summed E-state index contributed by atoms with van der Waals surface area (Å²) in [5.74, 6) is 0. The second-order valence-corrected chi connectivity index (χ2v) is 18.0. The van der Waals surface area contributed by atoms with Crippen molar-refractivity contribution in [1.82, 2.24) is 0 Å². The number of hydrogen-bond donors (Lipinski definition) is 0. The Morgan fingerprint density at radius 2 is 0.779 bits per heavy atom. The highest BCUT2D eigenvalue weighted by Gasteiger charge is 2.46. The minimum absolute atomic E-state index is 0.465. The summed E-state index contributed by atoms with van der Waals surface area (Å²) in [6, 6.07) is 101. The molecule has 1 aliphatic rings. The summed E-state index contributed by atoms with van der Waals surface area (Å²) in [5, 5.41) is 7.38. The third-order valence-electron chi connectivity index (χ3n) is 14.3. The first-order valence-corrected chi connectivity index (χ1v) is 23.6. The Hall–Kier alpha value is -8.78. The second-order valence-electron chi connectivity index (χ2n) is 18.0. The van der Waals surface area contributed by atoms with Crippen LogP contribution in [0.1, 0.15) is 22.3 Å². The SMILES string of the molecule is c1ccc(C2(c3ccccc3)c3ccccc3-c3ccc(-c4ccc(N(c5ccccc5-c5cccc(-c6cccc7ccccc67)c5)c5cc6ccccc6c6ccccc56)cc4)cc32)cc1. The Bertz CT molecular complexity index is 3800. The maximum Gasteiger partial charge on any atom is 0.0713 e. The van der Waals surface area contributed by atoms with Crippen LogP contribution in [-0.4, -0.2) is 0 Å². The molecule has 0 bridgehead atoms. The lowest BCUT2D eigenvalue weighted by atomic mass is 9.67. The van der Waals surface area contributed by atoms with Crippen LogP contribution in [0.3, 0.4) is 0 Å². The van der Waals surface area contributed by atoms with E-state index in [1.165, 1.54) is 88.0 Å². The molecule has 0 heterocycles. The molecule has 0 aliphatic heterocycles. The number of benzene rings is 12. The van der Waals surface area contributed by atoms with Gasteiger partial charge in [-0.05, 0) is 125 Å². The van der Waals surface area contributed by atoms with Crippen molar-refractivity contribution in [1.29, 1.82) is 0 Å². The van der Waals surface area contributed by atoms with Crippen LogP contribution in [0.2, 0.25) is 0 Å². The van der Waals surface area contributed by atoms with Crippen LogP contribution >= 0.6 is 0 Å². The highest BCUT2D eigenvalue weighted by molar-refractivity contribution is 6.15. The fraction of sp³-hybridized carbons (Fsp3) is 0.0149. The van der Waals surface area contributed by atoms with E-state index in [2.05, 4.69) is 278 Å². The highest BCUT2D eigenvalue weighted by atomic mass is 15.1. The van der Waals surface area contributed by atoms with E-state index < -0.39 is 5.41 Å². The lowest BCUT2D eigenvalue weighted by molar-refractivity contribution is 0.769. The Kier molecular flexibility index (Phi) is 9.47. The summed E-state index contributed by atoms with van der Waals surface area (Å²) in [6.45, 7) is 0. The zero-order valence-electron chi connectivity index (χ0n) is 37.4. The first-order valence-electron chi connectivity index (χ1n) is 23.6. The summed E-state index contributed by atoms with van der Waals surface area (Å²) in [4.78, 5) is 2.48. The first kappa shape index (κ1) is 39.6. The molecule has 0 saturated heterocycles. The fourth-order valence-corrected chi connectivity index (χ4v) is 11.3. The normalized spacial score (nSPS) is 12.5. The molecule has 0 amide bonds. The van der Waals surface area contributed by atoms with Gasteiger partial charge in [-0.1, -0.05) is 237 Å². The molecular weight excluding hydrogens is 819 g/mol. The van der Waals surface area contributed by atoms with Gasteiger partial charge in [-0.25, -0.2) is 0 Å². The van der Waals surface area contributed by atoms with Crippen molar-refractivity contribution in [2.45, 2.75) is 5.41 Å². The largest absolute Gasteiger partial charge is 0.309 e. The third-order valence-corrected chi connectivity index (χ3v) is 14.3. The molecular formula is C67H45N. The molecule has 12 aromatic rings. The van der Waals surface area contributed by atoms with E-state index in [0.29, 0.717) is 0 Å². The Balaban J connectivity index is 0.986. The van der Waals surface area contributed by atoms with Crippen LogP contribution < -0.4 is 4.90 Å². The van der Waals surface area contributed by atoms with E-state index in [1.54, 1.807) is 0 Å². The van der Waals surface area contributed by atoms with Crippen molar-refractivity contribution in [3.8, 4) is 44.5 Å². The summed E-state index contributed by atoms with van der Waals surface area (Å²) in [5.41, 5.74) is 17.7. The molecule has 0 atom stereocenters. The fourth-order valence-electron chi connectivity index (χ4n) is 11.3. The second kappa shape index (κ2) is 16.3. The number of rotatable bonds is 8. The molecule has 0 radical (unpaired) electrons. The van der Waals surface area contributed by atoms with Crippen molar-refractivity contribution in [2.24, 2.45) is 0 Å². The van der Waals surface area contributed by atoms with Crippen LogP contribution in [0, 0.1) is 0 Å². The topological polar surface area (TPSA) is 3.24 Å². The van der Waals surface area contributed by atoms with Crippen LogP contribution in [0.25, 0.3) is 76.8 Å². The molecule has 0 saturated carbocycles. The quantitative estimate of drug-likeness (QED) is 0.138. The molecule has 318 valence electrons. The molecule has 13 rings (SSSR count). The minimum Gasteiger partial charge on any atom is -0.309 e. The number of fused-ring (bicyclic) bond motifs is 7. The van der Waals surface area contributed by atoms with E-state index >= 15 is 0 Å². The van der Waals surface area contributed by atoms with Crippen molar-refractivity contribution < 1.29 is 0 Å². The highest BCUT2D eigenvalue weighted by Crippen LogP contribution is 2.57. The van der Waals surface area contributed by atoms with Crippen molar-refractivity contribution >= 4 is 49.4 Å². The average Bonchev–Trinajstić information content (AvgIpc) is 3.72. The van der Waals surface area contributed by atoms with Crippen molar-refractivity contribution in [3.63, 3.8) is 0 Å². The number of anilines is 3. The molecule has 0 unspecified atom stereocenters. The van der Waals surface area contributed by atoms with Gasteiger partial charge in [-0.15, -0.1) is 0 Å². The lowest BCUT2D eigenvalue weighted by Gasteiger charge is -2.34. The van der Waals surface area contributed by atoms with Crippen LogP contribution in [-0.2, 0) is 5.41 Å². The number of hydrogen-bond acceptors (Lipinski definition) is 1. The molecule has 0 N–H and O–H groups in total. The third kappa shape index (κ3) is 6.32. The zero-order chi connectivity index (χ0) is 45.0. The molecule has 68 heavy (non-hydrogen) atoms. The van der Waals surface area contributed by atoms with Gasteiger partial charge in [0.2, 0.25) is 0 Å². The standard InChI is InChI=1S/C67H45N/c1-3-24-52(25-4-1)67(53-26-5-2-6-27-53)63-35-15-13-32-60(63)61-42-39-48(44-64(61)67)46-37-40-54(41-38-46)68(66-45-51-20-8-10-29-57(51)59-31-11-12-33-62(59)66)65-36-16-14-30-58(65)50-23-17-22-49(43-50)56-34-18-21-47-19-7-9-28-55(47)56/h1-45H. The summed E-state index contributed by atoms with van der Waals surface area (Å²) < 4.78 is 0. The number of nitrogens with zero attached hydrogens (tertiary/aromatic N) is 1. The molecule has 12 aromatic carbocycles. The van der Waals surface area contributed by atoms with Gasteiger partial charge in [-0.3, -0.25) is 0 Å². The Labute approximate surface area is 397 Å². The van der Waals surface area contributed by atoms with Gasteiger partial charge >= 0.3 is 0 Å². The van der Waals surface area contributed by atoms with Gasteiger partial charge in [0, 0.05) is 16.6 Å². The predicted octanol–water partition coefficient (Wildman–Crippen LogP) is 18.0. The molecule has 0 aromatic heterocycles. The summed E-state index contributed by atoms with van der Waals surface area (Å²) in [6.07, 6.45) is 0. The average molecular weight is 864 g/mol. The molecule has 1 aliphatic carbocycles. The molecule has 0 spiro atoms. The van der Waals surface area contributed by atoms with Gasteiger partial charge in [0.1, 0.15) is 0 Å². The smallest absolute Gasteiger partial charge is 0.0713 e. The van der Waals surface area contributed by atoms with Crippen LogP contribution in [0.15, 0.2) is 273 Å². The van der Waals surface area contributed by atoms with Crippen LogP contribution in [0.4, 0.5) is 17.1 Å². The number of para-hydroxylation sites is 1. The van der Waals surface area contributed by atoms with E-state index in [4.69, 9.17) is 0 Å². The van der Waals surface area contributed by atoms with Gasteiger partial charge in [0.25, 0.3) is 0 Å². The predicted molar refractivity (Wildman–Crippen MR) is 287 cm³/mol. The zero-order valence-corrected chi connectivity index (χ0v) is 37.4. The summed E-state index contributed by atoms with van der Waals surface area (Å²) in [7, 11) is 0. The van der Waals surface area contributed by atoms with Crippen LogP contribution in [0.5, 0.6) is 0 Å². The molecule has 0 fully saturated rings. The lowest BCUT2D eigenvalue weighted by Crippen LogP contribution is -2.28. The van der Waals surface area contributed by atoms with Gasteiger partial charge in [0.15, 0.2) is 0 Å². The first-order chi connectivity index (χ1) is 33.7. The van der Waals surface area contributed by atoms with Crippen molar-refractivity contribution in [3.05, 3.63) is 295 Å². The van der Waals surface area contributed by atoms with Gasteiger partial charge in [-0.2, -0.15) is 0 Å². The molecule has 1 heteroatoms. The van der Waals surface area contributed by atoms with E-state index in [0.717, 1.165) is 28.2 Å². The monoisotopic (exact) mass is 863 g/mol. The Morgan fingerprint density at radius 1 is 0.250 bits per heavy atom. The maximum atomic E-state index is 2.48. The van der Waals surface area contributed by atoms with Crippen molar-refractivity contribution in [2.75, 3.05) is 4.90 Å².